The van der Waals surface area contributed by atoms with E-state index in [0.717, 1.165) is 0 Å². The van der Waals surface area contributed by atoms with E-state index in [1.165, 1.54) is 23.5 Å². The van der Waals surface area contributed by atoms with E-state index in [1.807, 2.05) is 0 Å². The van der Waals surface area contributed by atoms with E-state index in [9.17, 15) is 18.0 Å². The molecule has 0 aliphatic carbocycles. The van der Waals surface area contributed by atoms with Crippen molar-refractivity contribution in [3.05, 3.63) is 53.6 Å². The molecule has 0 saturated carbocycles. The molecule has 2 aromatic rings. The molecule has 10 heteroatoms. The lowest BCUT2D eigenvalue weighted by Crippen LogP contribution is -2.40. The van der Waals surface area contributed by atoms with Crippen LogP contribution in [0.1, 0.15) is 22.8 Å². The number of carbonyl (C=O) groups excluding carboxylic acids is 2. The van der Waals surface area contributed by atoms with Gasteiger partial charge in [-0.05, 0) is 36.8 Å². The Morgan fingerprint density at radius 1 is 1.12 bits per heavy atom. The second-order valence-electron chi connectivity index (χ2n) is 6.99. The molecular weight excluding hydrogens is 436 g/mol. The Labute approximate surface area is 187 Å². The average Bonchev–Trinajstić information content (AvgIpc) is 2.80. The quantitative estimate of drug-likeness (QED) is 0.598. The highest BCUT2D eigenvalue weighted by molar-refractivity contribution is 7.89. The van der Waals surface area contributed by atoms with Crippen molar-refractivity contribution in [1.82, 2.24) is 4.31 Å². The second-order valence-corrected chi connectivity index (χ2v) is 8.90. The smallest absolute Gasteiger partial charge is 0.340 e. The number of hydrogen-bond donors (Lipinski definition) is 1. The topological polar surface area (TPSA) is 111 Å². The first-order valence-corrected chi connectivity index (χ1v) is 11.6. The van der Waals surface area contributed by atoms with Gasteiger partial charge in [0.05, 0.1) is 44.6 Å². The zero-order valence-electron chi connectivity index (χ0n) is 18.0. The first kappa shape index (κ1) is 23.7. The zero-order valence-corrected chi connectivity index (χ0v) is 18.8. The summed E-state index contributed by atoms with van der Waals surface area (Å²) in [5, 5.41) is 2.70. The van der Waals surface area contributed by atoms with Gasteiger partial charge in [0.15, 0.2) is 0 Å². The fourth-order valence-electron chi connectivity index (χ4n) is 3.32. The molecule has 1 N–H and O–H groups in total. The van der Waals surface area contributed by atoms with E-state index in [2.05, 4.69) is 5.32 Å². The second kappa shape index (κ2) is 10.6. The van der Waals surface area contributed by atoms with Crippen molar-refractivity contribution in [3.63, 3.8) is 0 Å². The molecule has 32 heavy (non-hydrogen) atoms. The third-order valence-corrected chi connectivity index (χ3v) is 6.80. The summed E-state index contributed by atoms with van der Waals surface area (Å²) in [5.74, 6) is -0.735. The summed E-state index contributed by atoms with van der Waals surface area (Å²) in [5.41, 5.74) is 1.06. The highest BCUT2D eigenvalue weighted by Gasteiger charge is 2.29. The van der Waals surface area contributed by atoms with Crippen LogP contribution in [0.4, 0.5) is 5.69 Å². The zero-order chi connectivity index (χ0) is 23.1. The monoisotopic (exact) mass is 462 g/mol. The highest BCUT2D eigenvalue weighted by atomic mass is 32.2. The number of anilines is 1. The maximum Gasteiger partial charge on any atom is 0.340 e. The van der Waals surface area contributed by atoms with Crippen LogP contribution >= 0.6 is 0 Å². The number of ether oxygens (including phenoxy) is 3. The van der Waals surface area contributed by atoms with Crippen molar-refractivity contribution in [2.75, 3.05) is 45.3 Å². The van der Waals surface area contributed by atoms with E-state index in [1.54, 1.807) is 37.3 Å². The third kappa shape index (κ3) is 5.45. The van der Waals surface area contributed by atoms with Crippen LogP contribution in [0.3, 0.4) is 0 Å². The van der Waals surface area contributed by atoms with E-state index in [-0.39, 0.29) is 42.3 Å². The average molecular weight is 463 g/mol. The summed E-state index contributed by atoms with van der Waals surface area (Å²) in [6, 6.07) is 11.1. The molecule has 2 aromatic carbocycles. The predicted molar refractivity (Wildman–Crippen MR) is 117 cm³/mol. The van der Waals surface area contributed by atoms with Gasteiger partial charge in [-0.15, -0.1) is 0 Å². The Kier molecular flexibility index (Phi) is 7.84. The molecule has 1 fully saturated rings. The molecule has 0 unspecified atom stereocenters. The standard InChI is InChI=1S/C22H26N2O7S/c1-3-31-22(26)17-6-4-5-7-18(17)23-21(25)15-16-8-9-19(29-2)20(14-16)32(27,28)24-10-12-30-13-11-24/h4-9,14H,3,10-13,15H2,1-2H3,(H,23,25). The number of benzene rings is 2. The van der Waals surface area contributed by atoms with Gasteiger partial charge in [0, 0.05) is 13.1 Å². The molecule has 1 aliphatic heterocycles. The summed E-state index contributed by atoms with van der Waals surface area (Å²) in [6.45, 7) is 3.06. The molecule has 0 aromatic heterocycles. The number of para-hydroxylation sites is 1. The molecule has 3 rings (SSSR count). The molecule has 0 radical (unpaired) electrons. The Bertz CT molecular complexity index is 1080. The molecule has 172 valence electrons. The van der Waals surface area contributed by atoms with Crippen LogP contribution < -0.4 is 10.1 Å². The van der Waals surface area contributed by atoms with Gasteiger partial charge < -0.3 is 19.5 Å². The first-order chi connectivity index (χ1) is 15.4. The maximum absolute atomic E-state index is 13.1. The normalized spacial score (nSPS) is 14.6. The molecule has 0 bridgehead atoms. The molecule has 1 aliphatic rings. The number of hydrogen-bond acceptors (Lipinski definition) is 7. The van der Waals surface area contributed by atoms with Crippen LogP contribution in [0.25, 0.3) is 0 Å². The summed E-state index contributed by atoms with van der Waals surface area (Å²) in [4.78, 5) is 24.8. The summed E-state index contributed by atoms with van der Waals surface area (Å²) < 4.78 is 43.1. The Hall–Kier alpha value is -2.95. The number of esters is 1. The van der Waals surface area contributed by atoms with Crippen molar-refractivity contribution in [2.45, 2.75) is 18.2 Å². The van der Waals surface area contributed by atoms with E-state index in [4.69, 9.17) is 14.2 Å². The van der Waals surface area contributed by atoms with E-state index < -0.39 is 21.9 Å². The van der Waals surface area contributed by atoms with Crippen molar-refractivity contribution in [2.24, 2.45) is 0 Å². The van der Waals surface area contributed by atoms with Gasteiger partial charge in [-0.2, -0.15) is 4.31 Å². The van der Waals surface area contributed by atoms with Gasteiger partial charge >= 0.3 is 5.97 Å². The van der Waals surface area contributed by atoms with Crippen LogP contribution in [-0.4, -0.2) is 64.6 Å². The number of nitrogens with one attached hydrogen (secondary N) is 1. The van der Waals surface area contributed by atoms with Crippen LogP contribution in [0.15, 0.2) is 47.4 Å². The summed E-state index contributed by atoms with van der Waals surface area (Å²) in [7, 11) is -2.42. The lowest BCUT2D eigenvalue weighted by atomic mass is 10.1. The Balaban J connectivity index is 1.81. The minimum absolute atomic E-state index is 0.000811. The summed E-state index contributed by atoms with van der Waals surface area (Å²) >= 11 is 0. The molecule has 0 atom stereocenters. The molecule has 1 heterocycles. The van der Waals surface area contributed by atoms with Gasteiger partial charge in [-0.1, -0.05) is 18.2 Å². The number of nitrogens with zero attached hydrogens (tertiary/aromatic N) is 1. The number of methoxy groups -OCH3 is 1. The third-order valence-electron chi connectivity index (χ3n) is 4.88. The van der Waals surface area contributed by atoms with Gasteiger partial charge in [0.1, 0.15) is 10.6 Å². The number of rotatable bonds is 8. The van der Waals surface area contributed by atoms with Gasteiger partial charge in [0.25, 0.3) is 0 Å². The fraction of sp³-hybridized carbons (Fsp3) is 0.364. The number of carbonyl (C=O) groups is 2. The Morgan fingerprint density at radius 2 is 1.84 bits per heavy atom. The van der Waals surface area contributed by atoms with Crippen molar-refractivity contribution < 1.29 is 32.2 Å². The summed E-state index contributed by atoms with van der Waals surface area (Å²) in [6.07, 6.45) is -0.0905. The van der Waals surface area contributed by atoms with Crippen LogP contribution in [0, 0.1) is 0 Å². The lowest BCUT2D eigenvalue weighted by Gasteiger charge is -2.26. The molecule has 1 saturated heterocycles. The number of sulfonamides is 1. The highest BCUT2D eigenvalue weighted by Crippen LogP contribution is 2.29. The number of amides is 1. The minimum Gasteiger partial charge on any atom is -0.495 e. The first-order valence-electron chi connectivity index (χ1n) is 10.2. The van der Waals surface area contributed by atoms with E-state index in [0.29, 0.717) is 24.5 Å². The van der Waals surface area contributed by atoms with Crippen LogP contribution in [0.2, 0.25) is 0 Å². The van der Waals surface area contributed by atoms with Gasteiger partial charge in [-0.3, -0.25) is 4.79 Å². The van der Waals surface area contributed by atoms with Crippen LogP contribution in [-0.2, 0) is 30.7 Å². The molecular formula is C22H26N2O7S. The van der Waals surface area contributed by atoms with Crippen molar-refractivity contribution >= 4 is 27.6 Å². The molecule has 1 amide bonds. The van der Waals surface area contributed by atoms with Crippen LogP contribution in [0.5, 0.6) is 5.75 Å². The predicted octanol–water partition coefficient (Wildman–Crippen LogP) is 2.07. The number of morpholine rings is 1. The fourth-order valence-corrected chi connectivity index (χ4v) is 4.93. The molecule has 0 spiro atoms. The SMILES string of the molecule is CCOC(=O)c1ccccc1NC(=O)Cc1ccc(OC)c(S(=O)(=O)N2CCOCC2)c1. The molecule has 9 nitrogen and oxygen atoms in total. The van der Waals surface area contributed by atoms with Crippen molar-refractivity contribution in [1.29, 1.82) is 0 Å². The lowest BCUT2D eigenvalue weighted by molar-refractivity contribution is -0.115. The van der Waals surface area contributed by atoms with Gasteiger partial charge in [-0.25, -0.2) is 13.2 Å². The minimum atomic E-state index is -3.81. The van der Waals surface area contributed by atoms with Gasteiger partial charge in [0.2, 0.25) is 15.9 Å². The Morgan fingerprint density at radius 3 is 2.53 bits per heavy atom. The van der Waals surface area contributed by atoms with E-state index >= 15 is 0 Å². The maximum atomic E-state index is 13.1. The largest absolute Gasteiger partial charge is 0.495 e. The van der Waals surface area contributed by atoms with Crippen molar-refractivity contribution in [3.8, 4) is 5.75 Å².